The van der Waals surface area contributed by atoms with E-state index in [9.17, 15) is 0 Å². The van der Waals surface area contributed by atoms with Gasteiger partial charge in [0, 0.05) is 0 Å². The topological polar surface area (TPSA) is 64.7 Å². The summed E-state index contributed by atoms with van der Waals surface area (Å²) in [6.45, 7) is 0. The van der Waals surface area contributed by atoms with Gasteiger partial charge < -0.3 is 4.42 Å². The van der Waals surface area contributed by atoms with Crippen molar-refractivity contribution in [2.75, 3.05) is 0 Å². The highest BCUT2D eigenvalue weighted by molar-refractivity contribution is 5.59. The number of hydrogen-bond acceptors (Lipinski definition) is 5. The third-order valence-electron chi connectivity index (χ3n) is 0.865. The van der Waals surface area contributed by atoms with Gasteiger partial charge in [-0.2, -0.15) is 4.98 Å². The van der Waals surface area contributed by atoms with Crippen LogP contribution in [0.4, 0.5) is 0 Å². The average molecular weight is 121 g/mol. The van der Waals surface area contributed by atoms with Crippen LogP contribution in [0.1, 0.15) is 0 Å². The summed E-state index contributed by atoms with van der Waals surface area (Å²) in [5.41, 5.74) is 0.752. The summed E-state index contributed by atoms with van der Waals surface area (Å²) in [5.74, 6) is 0. The Balaban J connectivity index is 2.95. The minimum Gasteiger partial charge on any atom is -0.410 e. The van der Waals surface area contributed by atoms with Gasteiger partial charge in [0.2, 0.25) is 5.65 Å². The number of hydrogen-bond donors (Lipinski definition) is 0. The number of nitrogens with zero attached hydrogens (tertiary/aromatic N) is 4. The van der Waals surface area contributed by atoms with Gasteiger partial charge in [0.15, 0.2) is 0 Å². The van der Waals surface area contributed by atoms with Gasteiger partial charge >= 0.3 is 0 Å². The second-order valence-electron chi connectivity index (χ2n) is 1.39. The summed E-state index contributed by atoms with van der Waals surface area (Å²) in [7, 11) is 0. The molecule has 2 aromatic heterocycles. The maximum absolute atomic E-state index is 4.65. The maximum atomic E-state index is 4.65. The van der Waals surface area contributed by atoms with Crippen LogP contribution in [0.5, 0.6) is 0 Å². The Bertz CT molecular complexity index is 287. The fraction of sp³-hybridized carbons (Fsp3) is 0. The fourth-order valence-corrected chi connectivity index (χ4v) is 0.511. The van der Waals surface area contributed by atoms with Crippen molar-refractivity contribution >= 4 is 11.4 Å². The number of aromatic nitrogens is 4. The van der Waals surface area contributed by atoms with Gasteiger partial charge in [-0.3, -0.25) is 0 Å². The molecular formula is C4HN4O. The average Bonchev–Trinajstić information content (AvgIpc) is 2.33. The zero-order valence-electron chi connectivity index (χ0n) is 4.27. The normalized spacial score (nSPS) is 10.2. The lowest BCUT2D eigenvalue weighted by Crippen LogP contribution is -1.82. The summed E-state index contributed by atoms with van der Waals surface area (Å²) < 4.78 is 4.65. The minimum absolute atomic E-state index is 0.317. The quantitative estimate of drug-likeness (QED) is 0.483. The first-order valence-corrected chi connectivity index (χ1v) is 2.27. The molecule has 5 heteroatoms. The zero-order valence-corrected chi connectivity index (χ0v) is 4.27. The number of oxazole rings is 1. The van der Waals surface area contributed by atoms with Crippen LogP contribution in [0.3, 0.4) is 0 Å². The predicted octanol–water partition coefficient (Wildman–Crippen LogP) is -0.187. The van der Waals surface area contributed by atoms with Gasteiger partial charge in [-0.15, -0.1) is 10.2 Å². The van der Waals surface area contributed by atoms with Crippen LogP contribution in [0.15, 0.2) is 10.7 Å². The number of rotatable bonds is 0. The Labute approximate surface area is 49.8 Å². The van der Waals surface area contributed by atoms with Crippen molar-refractivity contribution in [3.05, 3.63) is 12.7 Å². The van der Waals surface area contributed by atoms with Crippen molar-refractivity contribution in [3.63, 3.8) is 0 Å². The van der Waals surface area contributed by atoms with Crippen LogP contribution in [-0.2, 0) is 0 Å². The summed E-state index contributed by atoms with van der Waals surface area (Å²) in [4.78, 5) is 7.34. The largest absolute Gasteiger partial charge is 0.410 e. The van der Waals surface area contributed by atoms with Crippen molar-refractivity contribution < 1.29 is 4.42 Å². The molecule has 0 aromatic carbocycles. The molecule has 5 nitrogen and oxygen atoms in total. The van der Waals surface area contributed by atoms with E-state index in [1.165, 1.54) is 6.33 Å². The lowest BCUT2D eigenvalue weighted by molar-refractivity contribution is 0.574. The van der Waals surface area contributed by atoms with Gasteiger partial charge in [0.1, 0.15) is 6.33 Å². The Morgan fingerprint density at radius 1 is 1.56 bits per heavy atom. The summed E-state index contributed by atoms with van der Waals surface area (Å²) >= 11 is 0. The molecule has 43 valence electrons. The molecule has 0 fully saturated rings. The van der Waals surface area contributed by atoms with Crippen LogP contribution in [0.25, 0.3) is 11.4 Å². The zero-order chi connectivity index (χ0) is 6.10. The molecule has 0 amide bonds. The minimum atomic E-state index is 0.317. The van der Waals surface area contributed by atoms with Crippen molar-refractivity contribution in [2.24, 2.45) is 0 Å². The molecule has 0 saturated heterocycles. The summed E-state index contributed by atoms with van der Waals surface area (Å²) in [6, 6.07) is 0. The molecule has 0 saturated carbocycles. The van der Waals surface area contributed by atoms with E-state index in [0.29, 0.717) is 11.4 Å². The number of fused-ring (bicyclic) bond motifs is 1. The van der Waals surface area contributed by atoms with Crippen LogP contribution >= 0.6 is 0 Å². The van der Waals surface area contributed by atoms with E-state index < -0.39 is 0 Å². The van der Waals surface area contributed by atoms with Crippen LogP contribution in [-0.4, -0.2) is 20.2 Å². The van der Waals surface area contributed by atoms with Gasteiger partial charge in [0.05, 0.1) is 0 Å². The Morgan fingerprint density at radius 3 is 3.44 bits per heavy atom. The molecule has 0 aliphatic rings. The fourth-order valence-electron chi connectivity index (χ4n) is 0.511. The van der Waals surface area contributed by atoms with E-state index in [2.05, 4.69) is 31.0 Å². The van der Waals surface area contributed by atoms with Crippen LogP contribution in [0, 0.1) is 6.39 Å². The standard InChI is InChI=1S/C4HN4O/c1-5-3-4(8-7-1)9-2-6-3/h1H. The van der Waals surface area contributed by atoms with Gasteiger partial charge in [-0.05, 0) is 0 Å². The Hall–Kier alpha value is -1.52. The monoisotopic (exact) mass is 121 g/mol. The third-order valence-corrected chi connectivity index (χ3v) is 0.865. The van der Waals surface area contributed by atoms with Crippen molar-refractivity contribution in [1.82, 2.24) is 20.2 Å². The van der Waals surface area contributed by atoms with Gasteiger partial charge in [-0.1, -0.05) is 0 Å². The van der Waals surface area contributed by atoms with Crippen LogP contribution in [0.2, 0.25) is 0 Å². The van der Waals surface area contributed by atoms with E-state index in [0.717, 1.165) is 0 Å². The molecule has 0 aliphatic heterocycles. The smallest absolute Gasteiger partial charge is 0.287 e. The molecule has 0 bridgehead atoms. The first-order valence-electron chi connectivity index (χ1n) is 2.27. The van der Waals surface area contributed by atoms with E-state index >= 15 is 0 Å². The molecule has 2 heterocycles. The van der Waals surface area contributed by atoms with Crippen LogP contribution < -0.4 is 0 Å². The van der Waals surface area contributed by atoms with E-state index in [1.54, 1.807) is 0 Å². The molecule has 0 spiro atoms. The van der Waals surface area contributed by atoms with E-state index in [-0.39, 0.29) is 0 Å². The van der Waals surface area contributed by atoms with Gasteiger partial charge in [0.25, 0.3) is 12.1 Å². The second-order valence-corrected chi connectivity index (χ2v) is 1.39. The molecule has 2 rings (SSSR count). The lowest BCUT2D eigenvalue weighted by Gasteiger charge is -1.76. The third kappa shape index (κ3) is 0.543. The highest BCUT2D eigenvalue weighted by atomic mass is 16.3. The molecule has 0 aliphatic carbocycles. The lowest BCUT2D eigenvalue weighted by atomic mass is 10.8. The molecule has 1 radical (unpaired) electrons. The highest BCUT2D eigenvalue weighted by Gasteiger charge is 1.97. The first kappa shape index (κ1) is 4.37. The van der Waals surface area contributed by atoms with Crippen molar-refractivity contribution in [3.8, 4) is 0 Å². The first-order chi connectivity index (χ1) is 4.47. The Morgan fingerprint density at radius 2 is 2.56 bits per heavy atom. The molecule has 0 unspecified atom stereocenters. The van der Waals surface area contributed by atoms with Gasteiger partial charge in [-0.25, -0.2) is 4.98 Å². The maximum Gasteiger partial charge on any atom is 0.287 e. The predicted molar refractivity (Wildman–Crippen MR) is 26.2 cm³/mol. The molecule has 0 atom stereocenters. The van der Waals surface area contributed by atoms with Crippen molar-refractivity contribution in [1.29, 1.82) is 0 Å². The molecule has 0 N–H and O–H groups in total. The second kappa shape index (κ2) is 1.48. The summed E-state index contributed by atoms with van der Waals surface area (Å²) in [5, 5.41) is 7.04. The molecule has 9 heavy (non-hydrogen) atoms. The Kier molecular flexibility index (Phi) is 0.717. The molecule has 2 aromatic rings. The van der Waals surface area contributed by atoms with E-state index in [4.69, 9.17) is 0 Å². The highest BCUT2D eigenvalue weighted by Crippen LogP contribution is 1.99. The van der Waals surface area contributed by atoms with Crippen molar-refractivity contribution in [2.45, 2.75) is 0 Å². The molecular weight excluding hydrogens is 120 g/mol. The van der Waals surface area contributed by atoms with E-state index in [1.807, 2.05) is 0 Å². The summed E-state index contributed by atoms with van der Waals surface area (Å²) in [6.07, 6.45) is 3.55. The SMILES string of the molecule is [c]1nc2ncnnc2o1.